The number of thiophene rings is 1. The molecule has 0 fully saturated rings. The first-order chi connectivity index (χ1) is 7.27. The van der Waals surface area contributed by atoms with E-state index in [0.717, 1.165) is 16.8 Å². The topological polar surface area (TPSA) is 37.8 Å². The van der Waals surface area contributed by atoms with Gasteiger partial charge in [-0.25, -0.2) is 9.97 Å². The zero-order valence-electron chi connectivity index (χ0n) is 8.20. The van der Waals surface area contributed by atoms with Crippen molar-refractivity contribution in [1.82, 2.24) is 9.97 Å². The fourth-order valence-electron chi connectivity index (χ4n) is 1.19. The van der Waals surface area contributed by atoms with Crippen molar-refractivity contribution in [2.24, 2.45) is 0 Å². The molecule has 0 spiro atoms. The Morgan fingerprint density at radius 3 is 3.07 bits per heavy atom. The molecule has 0 saturated heterocycles. The average molecular weight is 284 g/mol. The predicted molar refractivity (Wildman–Crippen MR) is 66.1 cm³/mol. The van der Waals surface area contributed by atoms with Crippen LogP contribution in [0.4, 0.5) is 5.82 Å². The standard InChI is InChI=1S/C10H10BrN3S/c1-7-2-3-15-9(7)5-13-10-8(11)4-12-6-14-10/h2-4,6H,5H2,1H3,(H,12,13,14). The fourth-order valence-corrected chi connectivity index (χ4v) is 2.40. The van der Waals surface area contributed by atoms with Crippen LogP contribution in [0.3, 0.4) is 0 Å². The van der Waals surface area contributed by atoms with Gasteiger partial charge in [-0.2, -0.15) is 0 Å². The van der Waals surface area contributed by atoms with Crippen LogP contribution in [0.25, 0.3) is 0 Å². The number of aryl methyl sites for hydroxylation is 1. The average Bonchev–Trinajstić information content (AvgIpc) is 2.63. The van der Waals surface area contributed by atoms with Crippen molar-refractivity contribution in [1.29, 1.82) is 0 Å². The van der Waals surface area contributed by atoms with Crippen molar-refractivity contribution in [3.05, 3.63) is 38.9 Å². The number of hydrogen-bond donors (Lipinski definition) is 1. The van der Waals surface area contributed by atoms with E-state index in [2.05, 4.69) is 49.6 Å². The van der Waals surface area contributed by atoms with Crippen LogP contribution in [0.15, 0.2) is 28.4 Å². The highest BCUT2D eigenvalue weighted by Crippen LogP contribution is 2.20. The molecule has 15 heavy (non-hydrogen) atoms. The molecule has 0 atom stereocenters. The number of nitrogens with zero attached hydrogens (tertiary/aromatic N) is 2. The Balaban J connectivity index is 2.06. The van der Waals surface area contributed by atoms with Crippen molar-refractivity contribution in [2.75, 3.05) is 5.32 Å². The van der Waals surface area contributed by atoms with E-state index in [1.807, 2.05) is 0 Å². The van der Waals surface area contributed by atoms with Crippen molar-refractivity contribution in [2.45, 2.75) is 13.5 Å². The van der Waals surface area contributed by atoms with Gasteiger partial charge in [0.05, 0.1) is 11.0 Å². The first-order valence-electron chi connectivity index (χ1n) is 4.49. The lowest BCUT2D eigenvalue weighted by molar-refractivity contribution is 1.08. The van der Waals surface area contributed by atoms with Crippen LogP contribution in [0.2, 0.25) is 0 Å². The Labute approximate surface area is 101 Å². The highest BCUT2D eigenvalue weighted by atomic mass is 79.9. The normalized spacial score (nSPS) is 10.3. The summed E-state index contributed by atoms with van der Waals surface area (Å²) in [6.45, 7) is 2.92. The summed E-state index contributed by atoms with van der Waals surface area (Å²) >= 11 is 5.15. The minimum atomic E-state index is 0.805. The quantitative estimate of drug-likeness (QED) is 0.940. The van der Waals surface area contributed by atoms with Gasteiger partial charge in [-0.15, -0.1) is 11.3 Å². The third-order valence-corrected chi connectivity index (χ3v) is 3.66. The van der Waals surface area contributed by atoms with Crippen LogP contribution < -0.4 is 5.32 Å². The van der Waals surface area contributed by atoms with Crippen LogP contribution in [-0.4, -0.2) is 9.97 Å². The van der Waals surface area contributed by atoms with Crippen LogP contribution >= 0.6 is 27.3 Å². The molecule has 0 radical (unpaired) electrons. The second-order valence-electron chi connectivity index (χ2n) is 3.10. The summed E-state index contributed by atoms with van der Waals surface area (Å²) in [5, 5.41) is 5.37. The smallest absolute Gasteiger partial charge is 0.144 e. The van der Waals surface area contributed by atoms with Gasteiger partial charge in [0.2, 0.25) is 0 Å². The maximum atomic E-state index is 4.14. The second-order valence-corrected chi connectivity index (χ2v) is 4.95. The summed E-state index contributed by atoms with van der Waals surface area (Å²) in [5.41, 5.74) is 1.32. The molecule has 0 saturated carbocycles. The lowest BCUT2D eigenvalue weighted by atomic mass is 10.3. The molecule has 0 aliphatic carbocycles. The maximum Gasteiger partial charge on any atom is 0.144 e. The van der Waals surface area contributed by atoms with Gasteiger partial charge in [-0.05, 0) is 39.9 Å². The molecule has 0 aliphatic heterocycles. The largest absolute Gasteiger partial charge is 0.364 e. The first kappa shape index (κ1) is 10.6. The van der Waals surface area contributed by atoms with Crippen LogP contribution in [0, 0.1) is 6.92 Å². The zero-order chi connectivity index (χ0) is 10.7. The van der Waals surface area contributed by atoms with E-state index in [9.17, 15) is 0 Å². The molecule has 0 bridgehead atoms. The Bertz CT molecular complexity index is 455. The molecule has 2 rings (SSSR count). The lowest BCUT2D eigenvalue weighted by Gasteiger charge is -2.05. The fraction of sp³-hybridized carbons (Fsp3) is 0.200. The third-order valence-electron chi connectivity index (χ3n) is 2.05. The van der Waals surface area contributed by atoms with Crippen molar-refractivity contribution < 1.29 is 0 Å². The van der Waals surface area contributed by atoms with Crippen LogP contribution in [0.5, 0.6) is 0 Å². The molecule has 0 aliphatic rings. The van der Waals surface area contributed by atoms with E-state index >= 15 is 0 Å². The molecule has 3 nitrogen and oxygen atoms in total. The summed E-state index contributed by atoms with van der Waals surface area (Å²) in [6, 6.07) is 2.12. The minimum Gasteiger partial charge on any atom is -0.364 e. The van der Waals surface area contributed by atoms with Gasteiger partial charge in [0.1, 0.15) is 12.1 Å². The summed E-state index contributed by atoms with van der Waals surface area (Å²) in [6.07, 6.45) is 3.27. The molecule has 2 aromatic heterocycles. The van der Waals surface area contributed by atoms with Crippen molar-refractivity contribution in [3.63, 3.8) is 0 Å². The van der Waals surface area contributed by atoms with Gasteiger partial charge in [-0.1, -0.05) is 0 Å². The zero-order valence-corrected chi connectivity index (χ0v) is 10.6. The molecular weight excluding hydrogens is 274 g/mol. The van der Waals surface area contributed by atoms with Gasteiger partial charge < -0.3 is 5.32 Å². The Kier molecular flexibility index (Phi) is 3.33. The minimum absolute atomic E-state index is 0.805. The van der Waals surface area contributed by atoms with Crippen molar-refractivity contribution in [3.8, 4) is 0 Å². The summed E-state index contributed by atoms with van der Waals surface area (Å²) in [7, 11) is 0. The highest BCUT2D eigenvalue weighted by molar-refractivity contribution is 9.10. The highest BCUT2D eigenvalue weighted by Gasteiger charge is 2.02. The number of halogens is 1. The Morgan fingerprint density at radius 2 is 2.40 bits per heavy atom. The van der Waals surface area contributed by atoms with E-state index in [1.165, 1.54) is 16.8 Å². The van der Waals surface area contributed by atoms with E-state index in [0.29, 0.717) is 0 Å². The lowest BCUT2D eigenvalue weighted by Crippen LogP contribution is -2.01. The number of aromatic nitrogens is 2. The molecule has 5 heteroatoms. The Morgan fingerprint density at radius 1 is 1.53 bits per heavy atom. The molecule has 2 heterocycles. The Hall–Kier alpha value is -0.940. The summed E-state index contributed by atoms with van der Waals surface area (Å²) < 4.78 is 0.888. The van der Waals surface area contributed by atoms with Gasteiger partial charge in [0.25, 0.3) is 0 Å². The summed E-state index contributed by atoms with van der Waals surface area (Å²) in [4.78, 5) is 9.39. The number of anilines is 1. The van der Waals surface area contributed by atoms with E-state index < -0.39 is 0 Å². The maximum absolute atomic E-state index is 4.14. The molecule has 78 valence electrons. The SMILES string of the molecule is Cc1ccsc1CNc1ncncc1Br. The number of hydrogen-bond acceptors (Lipinski definition) is 4. The molecular formula is C10H10BrN3S. The number of rotatable bonds is 3. The predicted octanol–water partition coefficient (Wildman–Crippen LogP) is 3.22. The molecule has 0 unspecified atom stereocenters. The third kappa shape index (κ3) is 2.54. The van der Waals surface area contributed by atoms with Crippen molar-refractivity contribution >= 4 is 33.1 Å². The van der Waals surface area contributed by atoms with Crippen LogP contribution in [0.1, 0.15) is 10.4 Å². The summed E-state index contributed by atoms with van der Waals surface area (Å²) in [5.74, 6) is 0.831. The molecule has 0 aromatic carbocycles. The van der Waals surface area contributed by atoms with Gasteiger partial charge in [0.15, 0.2) is 0 Å². The van der Waals surface area contributed by atoms with Crippen LogP contribution in [-0.2, 0) is 6.54 Å². The molecule has 2 aromatic rings. The first-order valence-corrected chi connectivity index (χ1v) is 6.17. The second kappa shape index (κ2) is 4.72. The van der Waals surface area contributed by atoms with E-state index in [-0.39, 0.29) is 0 Å². The number of nitrogens with one attached hydrogen (secondary N) is 1. The van der Waals surface area contributed by atoms with E-state index in [1.54, 1.807) is 17.5 Å². The molecule has 1 N–H and O–H groups in total. The monoisotopic (exact) mass is 283 g/mol. The van der Waals surface area contributed by atoms with Gasteiger partial charge >= 0.3 is 0 Å². The molecule has 0 amide bonds. The van der Waals surface area contributed by atoms with E-state index in [4.69, 9.17) is 0 Å². The van der Waals surface area contributed by atoms with Gasteiger partial charge in [0, 0.05) is 11.1 Å². The van der Waals surface area contributed by atoms with Gasteiger partial charge in [-0.3, -0.25) is 0 Å².